The summed E-state index contributed by atoms with van der Waals surface area (Å²) in [5, 5.41) is 9.50. The standard InChI is InChI=1S/C15H24O2/c16-13-5-4-12(10-13)11-14-6-9-15(17-14)7-2-1-3-8-15/h10,13-14,16H,1-9,11H2. The zero-order chi connectivity index (χ0) is 11.7. The van der Waals surface area contributed by atoms with E-state index in [2.05, 4.69) is 6.08 Å². The van der Waals surface area contributed by atoms with Gasteiger partial charge in [-0.3, -0.25) is 0 Å². The van der Waals surface area contributed by atoms with E-state index in [0.29, 0.717) is 6.10 Å². The van der Waals surface area contributed by atoms with Crippen LogP contribution in [0.2, 0.25) is 0 Å². The normalized spacial score (nSPS) is 36.4. The zero-order valence-corrected chi connectivity index (χ0v) is 10.7. The van der Waals surface area contributed by atoms with Crippen molar-refractivity contribution in [1.29, 1.82) is 0 Å². The van der Waals surface area contributed by atoms with Crippen molar-refractivity contribution >= 4 is 0 Å². The van der Waals surface area contributed by atoms with E-state index in [9.17, 15) is 5.11 Å². The second-order valence-electron chi connectivity index (χ2n) is 6.16. The molecule has 1 aliphatic heterocycles. The predicted octanol–water partition coefficient (Wildman–Crippen LogP) is 3.34. The van der Waals surface area contributed by atoms with E-state index in [4.69, 9.17) is 4.74 Å². The summed E-state index contributed by atoms with van der Waals surface area (Å²) in [5.74, 6) is 0. The van der Waals surface area contributed by atoms with Crippen LogP contribution < -0.4 is 0 Å². The smallest absolute Gasteiger partial charge is 0.0726 e. The molecule has 17 heavy (non-hydrogen) atoms. The molecule has 2 unspecified atom stereocenters. The molecule has 3 aliphatic rings. The van der Waals surface area contributed by atoms with Crippen molar-refractivity contribution in [3.8, 4) is 0 Å². The molecule has 1 heterocycles. The topological polar surface area (TPSA) is 29.5 Å². The van der Waals surface area contributed by atoms with Crippen LogP contribution in [-0.4, -0.2) is 22.9 Å². The Morgan fingerprint density at radius 3 is 2.71 bits per heavy atom. The highest BCUT2D eigenvalue weighted by molar-refractivity contribution is 5.13. The highest BCUT2D eigenvalue weighted by Crippen LogP contribution is 2.43. The van der Waals surface area contributed by atoms with Gasteiger partial charge in [-0.05, 0) is 44.9 Å². The third-order valence-corrected chi connectivity index (χ3v) is 4.78. The first-order chi connectivity index (χ1) is 8.26. The molecule has 2 fully saturated rings. The maximum Gasteiger partial charge on any atom is 0.0726 e. The van der Waals surface area contributed by atoms with Gasteiger partial charge in [0.15, 0.2) is 0 Å². The molecule has 1 saturated carbocycles. The summed E-state index contributed by atoms with van der Waals surface area (Å²) in [6, 6.07) is 0. The van der Waals surface area contributed by atoms with Crippen molar-refractivity contribution in [2.75, 3.05) is 0 Å². The number of aliphatic hydroxyl groups is 1. The molecular formula is C15H24O2. The fraction of sp³-hybridized carbons (Fsp3) is 0.867. The van der Waals surface area contributed by atoms with Crippen LogP contribution in [0.5, 0.6) is 0 Å². The summed E-state index contributed by atoms with van der Waals surface area (Å²) in [5.41, 5.74) is 1.68. The highest BCUT2D eigenvalue weighted by atomic mass is 16.5. The van der Waals surface area contributed by atoms with E-state index in [1.165, 1.54) is 50.5 Å². The predicted molar refractivity (Wildman–Crippen MR) is 67.9 cm³/mol. The largest absolute Gasteiger partial charge is 0.389 e. The molecule has 96 valence electrons. The van der Waals surface area contributed by atoms with Gasteiger partial charge in [0.1, 0.15) is 0 Å². The Labute approximate surface area is 104 Å². The summed E-state index contributed by atoms with van der Waals surface area (Å²) < 4.78 is 6.36. The van der Waals surface area contributed by atoms with E-state index in [0.717, 1.165) is 19.3 Å². The van der Waals surface area contributed by atoms with Crippen LogP contribution in [0, 0.1) is 0 Å². The fourth-order valence-corrected chi connectivity index (χ4v) is 3.84. The number of ether oxygens (including phenoxy) is 1. The zero-order valence-electron chi connectivity index (χ0n) is 10.7. The average molecular weight is 236 g/mol. The molecule has 0 aromatic heterocycles. The molecule has 3 rings (SSSR count). The molecule has 2 aliphatic carbocycles. The lowest BCUT2D eigenvalue weighted by Gasteiger charge is -2.33. The monoisotopic (exact) mass is 236 g/mol. The molecule has 0 bridgehead atoms. The lowest BCUT2D eigenvalue weighted by Crippen LogP contribution is -2.31. The SMILES string of the molecule is OC1C=C(CC2CCC3(CCCCC3)O2)CC1. The summed E-state index contributed by atoms with van der Waals surface area (Å²) >= 11 is 0. The Bertz CT molecular complexity index is 302. The number of aliphatic hydroxyl groups excluding tert-OH is 1. The molecule has 0 aromatic rings. The van der Waals surface area contributed by atoms with E-state index in [1.54, 1.807) is 0 Å². The molecular weight excluding hydrogens is 212 g/mol. The van der Waals surface area contributed by atoms with Gasteiger partial charge in [-0.1, -0.05) is 30.9 Å². The Kier molecular flexibility index (Phi) is 3.27. The van der Waals surface area contributed by atoms with Crippen LogP contribution >= 0.6 is 0 Å². The minimum absolute atomic E-state index is 0.185. The molecule has 1 saturated heterocycles. The molecule has 1 spiro atoms. The second-order valence-corrected chi connectivity index (χ2v) is 6.16. The summed E-state index contributed by atoms with van der Waals surface area (Å²) in [6.07, 6.45) is 14.5. The summed E-state index contributed by atoms with van der Waals surface area (Å²) in [6.45, 7) is 0. The molecule has 0 amide bonds. The van der Waals surface area contributed by atoms with Crippen molar-refractivity contribution in [3.63, 3.8) is 0 Å². The Morgan fingerprint density at radius 1 is 1.18 bits per heavy atom. The molecule has 2 heteroatoms. The minimum Gasteiger partial charge on any atom is -0.389 e. The van der Waals surface area contributed by atoms with E-state index >= 15 is 0 Å². The van der Waals surface area contributed by atoms with E-state index < -0.39 is 0 Å². The summed E-state index contributed by atoms with van der Waals surface area (Å²) in [4.78, 5) is 0. The van der Waals surface area contributed by atoms with Gasteiger partial charge in [0.25, 0.3) is 0 Å². The Balaban J connectivity index is 1.55. The van der Waals surface area contributed by atoms with Gasteiger partial charge in [0.2, 0.25) is 0 Å². The van der Waals surface area contributed by atoms with E-state index in [1.807, 2.05) is 0 Å². The average Bonchev–Trinajstić information content (AvgIpc) is 2.89. The highest BCUT2D eigenvalue weighted by Gasteiger charge is 2.40. The van der Waals surface area contributed by atoms with Gasteiger partial charge in [0, 0.05) is 0 Å². The molecule has 2 nitrogen and oxygen atoms in total. The van der Waals surface area contributed by atoms with Crippen molar-refractivity contribution in [1.82, 2.24) is 0 Å². The van der Waals surface area contributed by atoms with Crippen LogP contribution in [0.4, 0.5) is 0 Å². The van der Waals surface area contributed by atoms with Crippen LogP contribution in [0.25, 0.3) is 0 Å². The number of rotatable bonds is 2. The Hall–Kier alpha value is -0.340. The van der Waals surface area contributed by atoms with Gasteiger partial charge < -0.3 is 9.84 Å². The van der Waals surface area contributed by atoms with Gasteiger partial charge in [0.05, 0.1) is 17.8 Å². The summed E-state index contributed by atoms with van der Waals surface area (Å²) in [7, 11) is 0. The van der Waals surface area contributed by atoms with Gasteiger partial charge >= 0.3 is 0 Å². The Morgan fingerprint density at radius 2 is 2.00 bits per heavy atom. The lowest BCUT2D eigenvalue weighted by molar-refractivity contribution is -0.0629. The van der Waals surface area contributed by atoms with Crippen LogP contribution in [0.1, 0.15) is 64.2 Å². The lowest BCUT2D eigenvalue weighted by atomic mass is 9.83. The van der Waals surface area contributed by atoms with Crippen LogP contribution in [0.15, 0.2) is 11.6 Å². The molecule has 0 radical (unpaired) electrons. The maximum atomic E-state index is 9.50. The fourth-order valence-electron chi connectivity index (χ4n) is 3.84. The third-order valence-electron chi connectivity index (χ3n) is 4.78. The second kappa shape index (κ2) is 4.74. The third kappa shape index (κ3) is 2.58. The van der Waals surface area contributed by atoms with Crippen LogP contribution in [0.3, 0.4) is 0 Å². The van der Waals surface area contributed by atoms with Crippen molar-refractivity contribution < 1.29 is 9.84 Å². The van der Waals surface area contributed by atoms with Gasteiger partial charge in [-0.2, -0.15) is 0 Å². The van der Waals surface area contributed by atoms with Crippen LogP contribution in [-0.2, 0) is 4.74 Å². The molecule has 2 atom stereocenters. The molecule has 0 aromatic carbocycles. The maximum absolute atomic E-state index is 9.50. The first kappa shape index (κ1) is 11.7. The van der Waals surface area contributed by atoms with Crippen molar-refractivity contribution in [3.05, 3.63) is 11.6 Å². The van der Waals surface area contributed by atoms with Gasteiger partial charge in [-0.15, -0.1) is 0 Å². The number of hydrogen-bond donors (Lipinski definition) is 1. The first-order valence-corrected chi connectivity index (χ1v) is 7.31. The first-order valence-electron chi connectivity index (χ1n) is 7.31. The quantitative estimate of drug-likeness (QED) is 0.745. The van der Waals surface area contributed by atoms with Gasteiger partial charge in [-0.25, -0.2) is 0 Å². The van der Waals surface area contributed by atoms with Crippen molar-refractivity contribution in [2.45, 2.75) is 82.0 Å². The molecule has 1 N–H and O–H groups in total. The minimum atomic E-state index is -0.185. The van der Waals surface area contributed by atoms with E-state index in [-0.39, 0.29) is 11.7 Å². The number of hydrogen-bond acceptors (Lipinski definition) is 2. The van der Waals surface area contributed by atoms with Crippen molar-refractivity contribution in [2.24, 2.45) is 0 Å².